The van der Waals surface area contributed by atoms with E-state index in [1.807, 2.05) is 66.7 Å². The van der Waals surface area contributed by atoms with E-state index in [1.54, 1.807) is 6.20 Å². The molecule has 5 rings (SSSR count). The number of nitrogens with zero attached hydrogens (tertiary/aromatic N) is 2. The van der Waals surface area contributed by atoms with Crippen molar-refractivity contribution in [1.82, 2.24) is 4.98 Å². The molecule has 3 aromatic carbocycles. The molecule has 3 nitrogen and oxygen atoms in total. The lowest BCUT2D eigenvalue weighted by Gasteiger charge is -2.37. The van der Waals surface area contributed by atoms with E-state index < -0.39 is 14.9 Å². The molecule has 2 aromatic heterocycles. The number of rotatable bonds is 5. The molecule has 0 radical (unpaired) electrons. The molecule has 180 valence electrons. The van der Waals surface area contributed by atoms with Crippen molar-refractivity contribution in [3.05, 3.63) is 84.1 Å². The lowest BCUT2D eigenvalue weighted by Crippen LogP contribution is -2.51. The van der Waals surface area contributed by atoms with Crippen LogP contribution in [0.5, 0.6) is 0 Å². The molecule has 2 heterocycles. The number of para-hydroxylation sites is 1. The second-order valence-electron chi connectivity index (χ2n) is 10.3. The minimum atomic E-state index is -2.25. The fraction of sp³-hybridized carbons (Fsp3) is 0.250. The number of hydrogen-bond acceptors (Lipinski definition) is 3. The van der Waals surface area contributed by atoms with Gasteiger partial charge in [-0.1, -0.05) is 81.9 Å². The van der Waals surface area contributed by atoms with E-state index in [9.17, 15) is 5.26 Å². The molecule has 4 heteroatoms. The van der Waals surface area contributed by atoms with Crippen LogP contribution in [-0.4, -0.2) is 13.1 Å². The summed E-state index contributed by atoms with van der Waals surface area (Å²) in [6, 6.07) is 23.9. The molecule has 0 spiro atoms. The van der Waals surface area contributed by atoms with Crippen LogP contribution in [0.15, 0.2) is 77.3 Å². The average Bonchev–Trinajstić information content (AvgIpc) is 3.30. The summed E-state index contributed by atoms with van der Waals surface area (Å²) >= 11 is 0. The molecule has 0 aliphatic heterocycles. The summed E-state index contributed by atoms with van der Waals surface area (Å²) in [5.41, 5.74) is 6.11. The van der Waals surface area contributed by atoms with E-state index in [0.717, 1.165) is 32.6 Å². The Kier molecular flexibility index (Phi) is 5.17. The van der Waals surface area contributed by atoms with Crippen LogP contribution in [-0.2, 0) is 0 Å². The highest BCUT2D eigenvalue weighted by Crippen LogP contribution is 2.41. The first-order valence-corrected chi connectivity index (χ1v) is 15.1. The minimum Gasteiger partial charge on any atom is -0.455 e. The molecule has 5 aromatic rings. The van der Waals surface area contributed by atoms with Crippen LogP contribution >= 0.6 is 0 Å². The van der Waals surface area contributed by atoms with Crippen molar-refractivity contribution in [1.29, 1.82) is 5.26 Å². The van der Waals surface area contributed by atoms with Gasteiger partial charge in [0.05, 0.1) is 25.4 Å². The molecule has 0 N–H and O–H groups in total. The Balaban J connectivity index is 1.82. The zero-order chi connectivity index (χ0) is 28.1. The van der Waals surface area contributed by atoms with Crippen LogP contribution in [0.4, 0.5) is 0 Å². The van der Waals surface area contributed by atoms with Crippen molar-refractivity contribution in [3.8, 4) is 28.5 Å². The highest BCUT2D eigenvalue weighted by Gasteiger charge is 2.38. The number of aromatic nitrogens is 1. The average molecular weight is 492 g/mol. The van der Waals surface area contributed by atoms with Crippen LogP contribution < -0.4 is 5.19 Å². The molecule has 0 aliphatic rings. The van der Waals surface area contributed by atoms with Crippen molar-refractivity contribution in [2.75, 3.05) is 0 Å². The Morgan fingerprint density at radius 1 is 0.917 bits per heavy atom. The predicted octanol–water partition coefficient (Wildman–Crippen LogP) is 8.60. The fourth-order valence-corrected chi connectivity index (χ4v) is 9.06. The molecule has 0 saturated heterocycles. The second-order valence-corrected chi connectivity index (χ2v) is 15.7. The zero-order valence-electron chi connectivity index (χ0n) is 24.4. The highest BCUT2D eigenvalue weighted by atomic mass is 28.3. The van der Waals surface area contributed by atoms with Crippen molar-refractivity contribution in [2.45, 2.75) is 52.2 Å². The van der Waals surface area contributed by atoms with Gasteiger partial charge in [-0.05, 0) is 53.3 Å². The molecule has 0 amide bonds. The molecule has 0 bridgehead atoms. The molecule has 0 saturated carbocycles. The van der Waals surface area contributed by atoms with Crippen molar-refractivity contribution < 1.29 is 8.53 Å². The van der Waals surface area contributed by atoms with Crippen LogP contribution in [0, 0.1) is 18.2 Å². The molecule has 0 fully saturated rings. The van der Waals surface area contributed by atoms with Gasteiger partial charge in [0.15, 0.2) is 0 Å². The van der Waals surface area contributed by atoms with Crippen molar-refractivity contribution >= 4 is 35.2 Å². The van der Waals surface area contributed by atoms with E-state index in [-0.39, 0.29) is 0 Å². The third-order valence-electron chi connectivity index (χ3n) is 8.01. The second kappa shape index (κ2) is 9.08. The van der Waals surface area contributed by atoms with Gasteiger partial charge < -0.3 is 4.42 Å². The van der Waals surface area contributed by atoms with Gasteiger partial charge in [0.2, 0.25) is 0 Å². The number of hydrogen-bond donors (Lipinski definition) is 0. The summed E-state index contributed by atoms with van der Waals surface area (Å²) in [6.45, 7) is 8.85. The number of nitriles is 1. The first-order valence-electron chi connectivity index (χ1n) is 13.9. The number of benzene rings is 3. The standard InChI is InChI=1S/C32H32N2OSi/c1-20(2)36(6,21(3)4)29-17-28(34-19-22(29)5)27-14-10-13-25-26-16-15-24(18-33)30(32(26)35-31(25)27)23-11-8-7-9-12-23/h7-17,19-21H,1-6H3/i5D3. The lowest BCUT2D eigenvalue weighted by atomic mass is 9.97. The summed E-state index contributed by atoms with van der Waals surface area (Å²) in [5, 5.41) is 12.7. The third-order valence-corrected chi connectivity index (χ3v) is 14.4. The van der Waals surface area contributed by atoms with E-state index in [1.165, 1.54) is 0 Å². The van der Waals surface area contributed by atoms with Crippen LogP contribution in [0.2, 0.25) is 17.6 Å². The number of aryl methyl sites for hydroxylation is 1. The summed E-state index contributed by atoms with van der Waals surface area (Å²) in [6.07, 6.45) is 1.55. The Morgan fingerprint density at radius 3 is 2.31 bits per heavy atom. The maximum atomic E-state index is 9.89. The van der Waals surface area contributed by atoms with Gasteiger partial charge in [-0.3, -0.25) is 4.98 Å². The van der Waals surface area contributed by atoms with Crippen molar-refractivity contribution in [3.63, 3.8) is 0 Å². The van der Waals surface area contributed by atoms with E-state index in [2.05, 4.69) is 40.3 Å². The topological polar surface area (TPSA) is 49.8 Å². The lowest BCUT2D eigenvalue weighted by molar-refractivity contribution is 0.670. The minimum absolute atomic E-state index is 0.341. The maximum Gasteiger partial charge on any atom is 0.144 e. The summed E-state index contributed by atoms with van der Waals surface area (Å²) in [4.78, 5) is 4.69. The van der Waals surface area contributed by atoms with Gasteiger partial charge >= 0.3 is 0 Å². The fourth-order valence-electron chi connectivity index (χ4n) is 5.39. The van der Waals surface area contributed by atoms with Crippen molar-refractivity contribution in [2.24, 2.45) is 0 Å². The highest BCUT2D eigenvalue weighted by molar-refractivity contribution is 6.93. The molecular formula is C32H32N2OSi. The predicted molar refractivity (Wildman–Crippen MR) is 153 cm³/mol. The number of pyridine rings is 1. The normalized spacial score (nSPS) is 13.7. The quantitative estimate of drug-likeness (QED) is 0.231. The van der Waals surface area contributed by atoms with Gasteiger partial charge in [0, 0.05) is 32.2 Å². The van der Waals surface area contributed by atoms with Crippen LogP contribution in [0.3, 0.4) is 0 Å². The molecule has 0 aliphatic carbocycles. The Morgan fingerprint density at radius 2 is 1.64 bits per heavy atom. The maximum absolute atomic E-state index is 9.89. The van der Waals surface area contributed by atoms with Gasteiger partial charge in [0.1, 0.15) is 11.2 Å². The summed E-state index contributed by atoms with van der Waals surface area (Å²) in [7, 11) is -2.23. The molecule has 0 atom stereocenters. The molecule has 0 unspecified atom stereocenters. The first-order chi connectivity index (χ1) is 18.5. The van der Waals surface area contributed by atoms with E-state index in [4.69, 9.17) is 13.5 Å². The monoisotopic (exact) mass is 491 g/mol. The Hall–Kier alpha value is -3.68. The Labute approximate surface area is 218 Å². The zero-order valence-corrected chi connectivity index (χ0v) is 22.4. The largest absolute Gasteiger partial charge is 0.455 e. The van der Waals surface area contributed by atoms with Crippen LogP contribution in [0.25, 0.3) is 44.3 Å². The van der Waals surface area contributed by atoms with Gasteiger partial charge in [-0.2, -0.15) is 5.26 Å². The van der Waals surface area contributed by atoms with Crippen LogP contribution in [0.1, 0.15) is 42.9 Å². The van der Waals surface area contributed by atoms with E-state index in [0.29, 0.717) is 39.1 Å². The third kappa shape index (κ3) is 3.67. The smallest absolute Gasteiger partial charge is 0.144 e. The Bertz CT molecular complexity index is 1720. The number of fused-ring (bicyclic) bond motifs is 3. The molecule has 36 heavy (non-hydrogen) atoms. The van der Waals surface area contributed by atoms with Gasteiger partial charge in [-0.15, -0.1) is 0 Å². The number of furan rings is 1. The van der Waals surface area contributed by atoms with E-state index >= 15 is 0 Å². The SMILES string of the molecule is [2H]C([2H])([2H])c1cnc(-c2cccc3c2oc2c(-c4ccccc4)c(C#N)ccc23)cc1[Si](C)(C(C)C)C(C)C. The molecular weight excluding hydrogens is 456 g/mol. The first kappa shape index (κ1) is 20.5. The summed E-state index contributed by atoms with van der Waals surface area (Å²) in [5.74, 6) is 0. The summed E-state index contributed by atoms with van der Waals surface area (Å²) < 4.78 is 31.4. The van der Waals surface area contributed by atoms with Gasteiger partial charge in [0.25, 0.3) is 0 Å². The van der Waals surface area contributed by atoms with Gasteiger partial charge in [-0.25, -0.2) is 0 Å².